The number of anilines is 1. The van der Waals surface area contributed by atoms with Crippen LogP contribution in [0, 0.1) is 0 Å². The van der Waals surface area contributed by atoms with Crippen LogP contribution in [-0.2, 0) is 11.2 Å². The van der Waals surface area contributed by atoms with Crippen molar-refractivity contribution in [2.24, 2.45) is 0 Å². The monoisotopic (exact) mass is 321 g/mol. The highest BCUT2D eigenvalue weighted by atomic mass is 16.5. The summed E-state index contributed by atoms with van der Waals surface area (Å²) in [6.07, 6.45) is 4.54. The first-order valence-corrected chi connectivity index (χ1v) is 8.40. The molecule has 3 rings (SSSR count). The second-order valence-corrected chi connectivity index (χ2v) is 6.46. The molecule has 0 aliphatic carbocycles. The van der Waals surface area contributed by atoms with Gasteiger partial charge >= 0.3 is 0 Å². The lowest BCUT2D eigenvalue weighted by molar-refractivity contribution is -0.114. The number of nitrogens with zero attached hydrogens (tertiary/aromatic N) is 1. The number of para-hydroxylation sites is 1. The van der Waals surface area contributed by atoms with Gasteiger partial charge in [-0.15, -0.1) is 0 Å². The molecule has 1 aliphatic rings. The molecule has 0 radical (unpaired) electrons. The quantitative estimate of drug-likeness (QED) is 0.778. The number of fused-ring (bicyclic) bond motifs is 1. The summed E-state index contributed by atoms with van der Waals surface area (Å²) in [7, 11) is 0. The Balaban J connectivity index is 1.76. The Hall–Kier alpha value is -2.55. The molecule has 0 aromatic heterocycles. The smallest absolute Gasteiger partial charge is 0.251 e. The van der Waals surface area contributed by atoms with Gasteiger partial charge in [-0.2, -0.15) is 0 Å². The van der Waals surface area contributed by atoms with Gasteiger partial charge in [-0.1, -0.05) is 30.3 Å². The molecule has 0 spiro atoms. The first-order valence-electron chi connectivity index (χ1n) is 8.40. The van der Waals surface area contributed by atoms with Crippen LogP contribution in [0.3, 0.4) is 0 Å². The highest BCUT2D eigenvalue weighted by Gasteiger charge is 2.29. The largest absolute Gasteiger partial charge is 0.491 e. The Bertz CT molecular complexity index is 764. The number of carbonyl (C=O) groups excluding carboxylic acids is 1. The Kier molecular flexibility index (Phi) is 4.70. The van der Waals surface area contributed by atoms with Crippen LogP contribution in [0.25, 0.3) is 6.08 Å². The van der Waals surface area contributed by atoms with Gasteiger partial charge in [0, 0.05) is 17.8 Å². The molecule has 0 fully saturated rings. The third-order valence-corrected chi connectivity index (χ3v) is 4.09. The molecule has 0 N–H and O–H groups in total. The van der Waals surface area contributed by atoms with Crippen molar-refractivity contribution in [1.29, 1.82) is 0 Å². The van der Waals surface area contributed by atoms with Crippen LogP contribution in [0.2, 0.25) is 0 Å². The van der Waals surface area contributed by atoms with E-state index in [4.69, 9.17) is 4.74 Å². The first-order chi connectivity index (χ1) is 11.5. The second-order valence-electron chi connectivity index (χ2n) is 6.46. The number of carbonyl (C=O) groups is 1. The van der Waals surface area contributed by atoms with Gasteiger partial charge in [-0.05, 0) is 62.6 Å². The average molecular weight is 321 g/mol. The van der Waals surface area contributed by atoms with E-state index in [1.807, 2.05) is 67.3 Å². The molecule has 1 atom stereocenters. The fourth-order valence-corrected chi connectivity index (χ4v) is 3.11. The Labute approximate surface area is 143 Å². The van der Waals surface area contributed by atoms with Crippen molar-refractivity contribution < 1.29 is 9.53 Å². The van der Waals surface area contributed by atoms with Crippen LogP contribution < -0.4 is 9.64 Å². The number of benzene rings is 2. The highest BCUT2D eigenvalue weighted by Crippen LogP contribution is 2.32. The zero-order chi connectivity index (χ0) is 17.1. The van der Waals surface area contributed by atoms with Gasteiger partial charge in [0.05, 0.1) is 6.10 Å². The van der Waals surface area contributed by atoms with Gasteiger partial charge in [0.2, 0.25) is 0 Å². The van der Waals surface area contributed by atoms with Crippen molar-refractivity contribution in [2.45, 2.75) is 39.3 Å². The first kappa shape index (κ1) is 16.3. The van der Waals surface area contributed by atoms with Gasteiger partial charge in [0.1, 0.15) is 5.75 Å². The Morgan fingerprint density at radius 2 is 2.00 bits per heavy atom. The summed E-state index contributed by atoms with van der Waals surface area (Å²) >= 11 is 0. The number of ether oxygens (including phenoxy) is 1. The van der Waals surface area contributed by atoms with E-state index < -0.39 is 0 Å². The van der Waals surface area contributed by atoms with E-state index in [1.165, 1.54) is 5.56 Å². The molecule has 1 aliphatic heterocycles. The van der Waals surface area contributed by atoms with Crippen LogP contribution in [0.4, 0.5) is 5.69 Å². The lowest BCUT2D eigenvalue weighted by atomic mass is 10.1. The maximum Gasteiger partial charge on any atom is 0.251 e. The molecule has 24 heavy (non-hydrogen) atoms. The summed E-state index contributed by atoms with van der Waals surface area (Å²) in [6.45, 7) is 6.08. The molecule has 3 nitrogen and oxygen atoms in total. The molecule has 0 bridgehead atoms. The van der Waals surface area contributed by atoms with E-state index in [0.29, 0.717) is 0 Å². The summed E-state index contributed by atoms with van der Waals surface area (Å²) in [5.41, 5.74) is 3.22. The van der Waals surface area contributed by atoms with Crippen molar-refractivity contribution in [3.8, 4) is 5.75 Å². The van der Waals surface area contributed by atoms with E-state index in [0.717, 1.165) is 23.4 Å². The zero-order valence-corrected chi connectivity index (χ0v) is 14.4. The summed E-state index contributed by atoms with van der Waals surface area (Å²) in [4.78, 5) is 14.5. The summed E-state index contributed by atoms with van der Waals surface area (Å²) in [5.74, 6) is 0.835. The SMILES string of the molecule is CC(C)Oc1cccc(/C=C/C(=O)N2c3ccccc3CC2C)c1. The molecule has 2 aromatic rings. The van der Waals surface area contributed by atoms with Crippen molar-refractivity contribution in [2.75, 3.05) is 4.90 Å². The van der Waals surface area contributed by atoms with Crippen molar-refractivity contribution in [3.05, 3.63) is 65.7 Å². The fourth-order valence-electron chi connectivity index (χ4n) is 3.11. The van der Waals surface area contributed by atoms with Crippen LogP contribution in [-0.4, -0.2) is 18.1 Å². The van der Waals surface area contributed by atoms with Crippen molar-refractivity contribution >= 4 is 17.7 Å². The normalized spacial score (nSPS) is 16.7. The predicted molar refractivity (Wildman–Crippen MR) is 98.3 cm³/mol. The van der Waals surface area contributed by atoms with E-state index in [9.17, 15) is 4.79 Å². The number of hydrogen-bond acceptors (Lipinski definition) is 2. The molecule has 1 unspecified atom stereocenters. The topological polar surface area (TPSA) is 29.5 Å². The summed E-state index contributed by atoms with van der Waals surface area (Å²) in [6, 6.07) is 16.1. The van der Waals surface area contributed by atoms with Gasteiger partial charge in [-0.3, -0.25) is 4.79 Å². The van der Waals surface area contributed by atoms with Gasteiger partial charge < -0.3 is 9.64 Å². The van der Waals surface area contributed by atoms with Crippen LogP contribution in [0.1, 0.15) is 31.9 Å². The van der Waals surface area contributed by atoms with Crippen molar-refractivity contribution in [3.63, 3.8) is 0 Å². The molecule has 1 heterocycles. The van der Waals surface area contributed by atoms with Crippen LogP contribution in [0.15, 0.2) is 54.6 Å². The predicted octanol–water partition coefficient (Wildman–Crippen LogP) is 4.46. The fraction of sp³-hybridized carbons (Fsp3) is 0.286. The average Bonchev–Trinajstić information content (AvgIpc) is 2.88. The highest BCUT2D eigenvalue weighted by molar-refractivity contribution is 6.05. The summed E-state index contributed by atoms with van der Waals surface area (Å²) < 4.78 is 5.70. The number of amides is 1. The van der Waals surface area contributed by atoms with Gasteiger partial charge in [0.15, 0.2) is 0 Å². The standard InChI is InChI=1S/C21H23NO2/c1-15(2)24-19-9-6-7-17(14-19)11-12-21(23)22-16(3)13-18-8-4-5-10-20(18)22/h4-12,14-16H,13H2,1-3H3/b12-11+. The third kappa shape index (κ3) is 3.51. The maximum atomic E-state index is 12.7. The molecule has 124 valence electrons. The lowest BCUT2D eigenvalue weighted by Crippen LogP contribution is -2.34. The van der Waals surface area contributed by atoms with E-state index in [1.54, 1.807) is 6.08 Å². The van der Waals surface area contributed by atoms with Crippen LogP contribution in [0.5, 0.6) is 5.75 Å². The third-order valence-electron chi connectivity index (χ3n) is 4.09. The Morgan fingerprint density at radius 1 is 1.21 bits per heavy atom. The molecule has 2 aromatic carbocycles. The second kappa shape index (κ2) is 6.91. The molecule has 0 saturated carbocycles. The molecule has 3 heteroatoms. The van der Waals surface area contributed by atoms with Crippen molar-refractivity contribution in [1.82, 2.24) is 0 Å². The number of rotatable bonds is 4. The molecular weight excluding hydrogens is 298 g/mol. The molecule has 1 amide bonds. The van der Waals surface area contributed by atoms with E-state index in [-0.39, 0.29) is 18.1 Å². The maximum absolute atomic E-state index is 12.7. The minimum Gasteiger partial charge on any atom is -0.491 e. The zero-order valence-electron chi connectivity index (χ0n) is 14.4. The molecule has 0 saturated heterocycles. The van der Waals surface area contributed by atoms with Gasteiger partial charge in [0.25, 0.3) is 5.91 Å². The van der Waals surface area contributed by atoms with E-state index in [2.05, 4.69) is 13.0 Å². The minimum absolute atomic E-state index is 0.0163. The lowest BCUT2D eigenvalue weighted by Gasteiger charge is -2.21. The minimum atomic E-state index is 0.0163. The van der Waals surface area contributed by atoms with Gasteiger partial charge in [-0.25, -0.2) is 0 Å². The number of hydrogen-bond donors (Lipinski definition) is 0. The van der Waals surface area contributed by atoms with E-state index >= 15 is 0 Å². The summed E-state index contributed by atoms with van der Waals surface area (Å²) in [5, 5.41) is 0. The van der Waals surface area contributed by atoms with Crippen LogP contribution >= 0.6 is 0 Å². The molecular formula is C21H23NO2. The Morgan fingerprint density at radius 3 is 2.79 bits per heavy atom.